The minimum atomic E-state index is 0.258. The molecule has 25 heavy (non-hydrogen) atoms. The van der Waals surface area contributed by atoms with Crippen LogP contribution in [0.3, 0.4) is 0 Å². The Hall–Kier alpha value is -2.46. The molecule has 0 spiro atoms. The van der Waals surface area contributed by atoms with Gasteiger partial charge in [-0.3, -0.25) is 9.67 Å². The zero-order valence-corrected chi connectivity index (χ0v) is 15.2. The number of hydrogen-bond acceptors (Lipinski definition) is 3. The Morgan fingerprint density at radius 3 is 2.52 bits per heavy atom. The summed E-state index contributed by atoms with van der Waals surface area (Å²) in [5, 5.41) is 8.38. The molecule has 4 nitrogen and oxygen atoms in total. The first-order valence-corrected chi connectivity index (χ1v) is 8.73. The maximum atomic E-state index is 4.83. The summed E-state index contributed by atoms with van der Waals surface area (Å²) in [6.45, 7) is 9.25. The van der Waals surface area contributed by atoms with Gasteiger partial charge in [0.25, 0.3) is 0 Å². The van der Waals surface area contributed by atoms with E-state index in [1.54, 1.807) is 6.20 Å². The highest BCUT2D eigenvalue weighted by molar-refractivity contribution is 5.61. The second kappa shape index (κ2) is 7.62. The first-order chi connectivity index (χ1) is 12.0. The van der Waals surface area contributed by atoms with E-state index in [9.17, 15) is 0 Å². The van der Waals surface area contributed by atoms with E-state index in [1.807, 2.05) is 23.0 Å². The third kappa shape index (κ3) is 5.00. The number of hydrogen-bond donors (Lipinski definition) is 1. The molecule has 130 valence electrons. The maximum absolute atomic E-state index is 4.83. The summed E-state index contributed by atoms with van der Waals surface area (Å²) in [5.41, 5.74) is 4.77. The van der Waals surface area contributed by atoms with Crippen LogP contribution in [0.2, 0.25) is 0 Å². The quantitative estimate of drug-likeness (QED) is 0.737. The lowest BCUT2D eigenvalue weighted by molar-refractivity contribution is 0.379. The molecular weight excluding hydrogens is 308 g/mol. The zero-order chi connectivity index (χ0) is 17.7. The van der Waals surface area contributed by atoms with Crippen LogP contribution in [0.25, 0.3) is 11.3 Å². The van der Waals surface area contributed by atoms with Gasteiger partial charge in [-0.25, -0.2) is 0 Å². The summed E-state index contributed by atoms with van der Waals surface area (Å²) in [6, 6.07) is 14.4. The standard InChI is InChI=1S/C21H26N4/c1-21(2,3)16-23-13-19-15-25(14-17-8-5-4-6-9-17)24-20(19)18-10-7-11-22-12-18/h4-12,15,23H,13-14,16H2,1-3H3. The van der Waals surface area contributed by atoms with Gasteiger partial charge in [0.1, 0.15) is 0 Å². The van der Waals surface area contributed by atoms with Crippen LogP contribution in [0, 0.1) is 5.41 Å². The molecule has 0 saturated carbocycles. The normalized spacial score (nSPS) is 11.6. The Morgan fingerprint density at radius 2 is 1.84 bits per heavy atom. The highest BCUT2D eigenvalue weighted by Crippen LogP contribution is 2.22. The molecule has 0 atom stereocenters. The Morgan fingerprint density at radius 1 is 1.04 bits per heavy atom. The minimum absolute atomic E-state index is 0.258. The summed E-state index contributed by atoms with van der Waals surface area (Å²) in [4.78, 5) is 4.25. The molecule has 0 aliphatic heterocycles. The van der Waals surface area contributed by atoms with Crippen LogP contribution in [0.1, 0.15) is 31.9 Å². The molecule has 0 aliphatic carbocycles. The minimum Gasteiger partial charge on any atom is -0.312 e. The van der Waals surface area contributed by atoms with Crippen molar-refractivity contribution in [3.8, 4) is 11.3 Å². The van der Waals surface area contributed by atoms with Crippen LogP contribution < -0.4 is 5.32 Å². The van der Waals surface area contributed by atoms with Gasteiger partial charge >= 0.3 is 0 Å². The van der Waals surface area contributed by atoms with Gasteiger partial charge in [-0.05, 0) is 23.1 Å². The lowest BCUT2D eigenvalue weighted by atomic mass is 9.97. The van der Waals surface area contributed by atoms with Crippen LogP contribution in [0.5, 0.6) is 0 Å². The lowest BCUT2D eigenvalue weighted by Gasteiger charge is -2.18. The Balaban J connectivity index is 1.83. The Bertz CT molecular complexity index is 786. The molecule has 1 aromatic carbocycles. The maximum Gasteiger partial charge on any atom is 0.0983 e. The summed E-state index contributed by atoms with van der Waals surface area (Å²) in [6.07, 6.45) is 5.81. The second-order valence-electron chi connectivity index (χ2n) is 7.59. The fraction of sp³-hybridized carbons (Fsp3) is 0.333. The molecule has 1 N–H and O–H groups in total. The molecule has 0 radical (unpaired) electrons. The van der Waals surface area contributed by atoms with Crippen LogP contribution in [-0.2, 0) is 13.1 Å². The molecular formula is C21H26N4. The molecule has 3 rings (SSSR count). The van der Waals surface area contributed by atoms with Crippen molar-refractivity contribution in [1.82, 2.24) is 20.1 Å². The number of nitrogens with zero attached hydrogens (tertiary/aromatic N) is 3. The van der Waals surface area contributed by atoms with Gasteiger partial charge in [-0.1, -0.05) is 51.1 Å². The van der Waals surface area contributed by atoms with Crippen LogP contribution in [0.15, 0.2) is 61.1 Å². The number of pyridine rings is 1. The molecule has 4 heteroatoms. The van der Waals surface area contributed by atoms with Crippen molar-refractivity contribution in [1.29, 1.82) is 0 Å². The largest absolute Gasteiger partial charge is 0.312 e. The van der Waals surface area contributed by atoms with Crippen molar-refractivity contribution < 1.29 is 0 Å². The van der Waals surface area contributed by atoms with Crippen molar-refractivity contribution in [2.24, 2.45) is 5.41 Å². The first-order valence-electron chi connectivity index (χ1n) is 8.73. The molecule has 0 bridgehead atoms. The molecule has 0 amide bonds. The van der Waals surface area contributed by atoms with Crippen LogP contribution >= 0.6 is 0 Å². The van der Waals surface area contributed by atoms with Gasteiger partial charge in [0.05, 0.1) is 12.2 Å². The van der Waals surface area contributed by atoms with Crippen LogP contribution in [0.4, 0.5) is 0 Å². The fourth-order valence-electron chi connectivity index (χ4n) is 2.76. The molecule has 0 fully saturated rings. The van der Waals surface area contributed by atoms with E-state index in [0.717, 1.165) is 30.9 Å². The molecule has 0 unspecified atom stereocenters. The van der Waals surface area contributed by atoms with Crippen molar-refractivity contribution in [2.45, 2.75) is 33.9 Å². The summed E-state index contributed by atoms with van der Waals surface area (Å²) in [7, 11) is 0. The molecule has 3 aromatic rings. The number of nitrogens with one attached hydrogen (secondary N) is 1. The first kappa shape index (κ1) is 17.4. The number of rotatable bonds is 6. The monoisotopic (exact) mass is 334 g/mol. The van der Waals surface area contributed by atoms with Gasteiger partial charge in [0.15, 0.2) is 0 Å². The average molecular weight is 334 g/mol. The highest BCUT2D eigenvalue weighted by Gasteiger charge is 2.14. The van der Waals surface area contributed by atoms with E-state index in [4.69, 9.17) is 5.10 Å². The van der Waals surface area contributed by atoms with Crippen molar-refractivity contribution in [3.05, 3.63) is 72.2 Å². The predicted octanol–water partition coefficient (Wildman–Crippen LogP) is 4.13. The summed E-state index contributed by atoms with van der Waals surface area (Å²) >= 11 is 0. The van der Waals surface area contributed by atoms with E-state index >= 15 is 0 Å². The van der Waals surface area contributed by atoms with Crippen molar-refractivity contribution in [3.63, 3.8) is 0 Å². The SMILES string of the molecule is CC(C)(C)CNCc1cn(Cc2ccccc2)nc1-c1cccnc1. The van der Waals surface area contributed by atoms with Crippen LogP contribution in [-0.4, -0.2) is 21.3 Å². The zero-order valence-electron chi connectivity index (χ0n) is 15.2. The van der Waals surface area contributed by atoms with E-state index in [-0.39, 0.29) is 5.41 Å². The highest BCUT2D eigenvalue weighted by atomic mass is 15.3. The molecule has 2 heterocycles. The van der Waals surface area contributed by atoms with Crippen molar-refractivity contribution >= 4 is 0 Å². The summed E-state index contributed by atoms with van der Waals surface area (Å²) < 4.78 is 2.02. The second-order valence-corrected chi connectivity index (χ2v) is 7.59. The van der Waals surface area contributed by atoms with Gasteiger partial charge in [0, 0.05) is 42.8 Å². The summed E-state index contributed by atoms with van der Waals surface area (Å²) in [5.74, 6) is 0. The Labute approximate surface area is 149 Å². The van der Waals surface area contributed by atoms with E-state index in [1.165, 1.54) is 11.1 Å². The topological polar surface area (TPSA) is 42.7 Å². The van der Waals surface area contributed by atoms with Gasteiger partial charge < -0.3 is 5.32 Å². The van der Waals surface area contributed by atoms with Crippen molar-refractivity contribution in [2.75, 3.05) is 6.54 Å². The number of benzene rings is 1. The van der Waals surface area contributed by atoms with Gasteiger partial charge in [0.2, 0.25) is 0 Å². The van der Waals surface area contributed by atoms with Gasteiger partial charge in [-0.15, -0.1) is 0 Å². The lowest BCUT2D eigenvalue weighted by Crippen LogP contribution is -2.26. The average Bonchev–Trinajstić information content (AvgIpc) is 2.98. The molecule has 2 aromatic heterocycles. The number of aromatic nitrogens is 3. The Kier molecular flexibility index (Phi) is 5.29. The predicted molar refractivity (Wildman–Crippen MR) is 102 cm³/mol. The molecule has 0 saturated heterocycles. The third-order valence-electron chi connectivity index (χ3n) is 3.93. The van der Waals surface area contributed by atoms with E-state index in [0.29, 0.717) is 0 Å². The van der Waals surface area contributed by atoms with E-state index < -0.39 is 0 Å². The van der Waals surface area contributed by atoms with Gasteiger partial charge in [-0.2, -0.15) is 5.10 Å². The smallest absolute Gasteiger partial charge is 0.0983 e. The van der Waals surface area contributed by atoms with E-state index in [2.05, 4.69) is 67.6 Å². The molecule has 0 aliphatic rings. The fourth-order valence-corrected chi connectivity index (χ4v) is 2.76. The third-order valence-corrected chi connectivity index (χ3v) is 3.93.